The van der Waals surface area contributed by atoms with Gasteiger partial charge in [-0.3, -0.25) is 4.79 Å². The van der Waals surface area contributed by atoms with Gasteiger partial charge in [0.25, 0.3) is 5.91 Å². The second kappa shape index (κ2) is 5.83. The van der Waals surface area contributed by atoms with Gasteiger partial charge in [0.1, 0.15) is 10.7 Å². The van der Waals surface area contributed by atoms with Crippen molar-refractivity contribution in [3.8, 4) is 0 Å². The number of amides is 1. The number of aryl methyl sites for hydroxylation is 3. The summed E-state index contributed by atoms with van der Waals surface area (Å²) in [4.78, 5) is 22.9. The van der Waals surface area contributed by atoms with Crippen LogP contribution in [0.25, 0.3) is 10.2 Å². The fourth-order valence-electron chi connectivity index (χ4n) is 2.93. The van der Waals surface area contributed by atoms with Crippen LogP contribution in [0.1, 0.15) is 40.1 Å². The van der Waals surface area contributed by atoms with Gasteiger partial charge in [-0.1, -0.05) is 6.92 Å². The molecule has 1 amide bonds. The topological polar surface area (TPSA) is 89.0 Å². The molecule has 0 bridgehead atoms. The summed E-state index contributed by atoms with van der Waals surface area (Å²) in [5.74, 6) is 0.727. The van der Waals surface area contributed by atoms with Crippen molar-refractivity contribution in [2.24, 2.45) is 0 Å². The van der Waals surface area contributed by atoms with E-state index in [4.69, 9.17) is 0 Å². The van der Waals surface area contributed by atoms with Crippen LogP contribution in [0.5, 0.6) is 0 Å². The Morgan fingerprint density at radius 1 is 1.35 bits per heavy atom. The lowest BCUT2D eigenvalue weighted by Gasteiger charge is -2.10. The van der Waals surface area contributed by atoms with Gasteiger partial charge >= 0.3 is 0 Å². The molecule has 6 nitrogen and oxygen atoms in total. The minimum Gasteiger partial charge on any atom is -0.348 e. The Morgan fingerprint density at radius 2 is 2.09 bits per heavy atom. The zero-order chi connectivity index (χ0) is 16.8. The number of rotatable bonds is 3. The monoisotopic (exact) mass is 353 g/mol. The lowest BCUT2D eigenvalue weighted by molar-refractivity contribution is 0.0945. The summed E-state index contributed by atoms with van der Waals surface area (Å²) < 4.78 is 23.0. The van der Waals surface area contributed by atoms with E-state index in [2.05, 4.69) is 15.3 Å². The molecule has 2 aromatic rings. The summed E-state index contributed by atoms with van der Waals surface area (Å²) in [6.07, 6.45) is 1.23. The minimum atomic E-state index is -3.01. The van der Waals surface area contributed by atoms with Crippen molar-refractivity contribution in [1.29, 1.82) is 0 Å². The number of sulfone groups is 1. The van der Waals surface area contributed by atoms with Crippen LogP contribution in [0, 0.1) is 13.8 Å². The van der Waals surface area contributed by atoms with E-state index >= 15 is 0 Å². The molecular weight excluding hydrogens is 334 g/mol. The smallest absolute Gasteiger partial charge is 0.261 e. The first-order valence-corrected chi connectivity index (χ1v) is 10.2. The summed E-state index contributed by atoms with van der Waals surface area (Å²) in [7, 11) is -3.01. The number of fused-ring (bicyclic) bond motifs is 1. The Hall–Kier alpha value is -1.54. The van der Waals surface area contributed by atoms with E-state index in [1.54, 1.807) is 0 Å². The molecule has 1 saturated heterocycles. The summed E-state index contributed by atoms with van der Waals surface area (Å²) in [5, 5.41) is 3.77. The first kappa shape index (κ1) is 16.3. The number of hydrogen-bond acceptors (Lipinski definition) is 6. The van der Waals surface area contributed by atoms with Gasteiger partial charge in [0, 0.05) is 23.5 Å². The Kier molecular flexibility index (Phi) is 4.14. The zero-order valence-corrected chi connectivity index (χ0v) is 15.0. The van der Waals surface area contributed by atoms with Crippen molar-refractivity contribution >= 4 is 37.3 Å². The van der Waals surface area contributed by atoms with Crippen LogP contribution < -0.4 is 5.32 Å². The molecule has 124 valence electrons. The van der Waals surface area contributed by atoms with Gasteiger partial charge in [0.15, 0.2) is 9.84 Å². The number of carbonyl (C=O) groups is 1. The van der Waals surface area contributed by atoms with Gasteiger partial charge in [-0.15, -0.1) is 11.3 Å². The van der Waals surface area contributed by atoms with Crippen LogP contribution in [-0.2, 0) is 16.3 Å². The number of hydrogen-bond donors (Lipinski definition) is 1. The first-order valence-electron chi connectivity index (χ1n) is 7.58. The molecule has 2 aromatic heterocycles. The Bertz CT molecular complexity index is 887. The first-order chi connectivity index (χ1) is 10.8. The zero-order valence-electron chi connectivity index (χ0n) is 13.3. The van der Waals surface area contributed by atoms with Crippen LogP contribution in [0.15, 0.2) is 0 Å². The predicted molar refractivity (Wildman–Crippen MR) is 90.8 cm³/mol. The number of nitrogens with one attached hydrogen (secondary N) is 1. The van der Waals surface area contributed by atoms with E-state index in [-0.39, 0.29) is 23.5 Å². The van der Waals surface area contributed by atoms with E-state index < -0.39 is 9.84 Å². The third-order valence-electron chi connectivity index (χ3n) is 4.11. The van der Waals surface area contributed by atoms with E-state index in [1.165, 1.54) is 11.3 Å². The Labute approximate surface area is 139 Å². The third kappa shape index (κ3) is 3.10. The molecule has 1 atom stereocenters. The van der Waals surface area contributed by atoms with E-state index in [0.29, 0.717) is 11.3 Å². The molecule has 0 saturated carbocycles. The molecule has 0 radical (unpaired) electrons. The average molecular weight is 353 g/mol. The Morgan fingerprint density at radius 3 is 2.70 bits per heavy atom. The number of thiophene rings is 1. The molecule has 0 aromatic carbocycles. The van der Waals surface area contributed by atoms with Crippen molar-refractivity contribution in [1.82, 2.24) is 15.3 Å². The van der Waals surface area contributed by atoms with Crippen molar-refractivity contribution in [3.05, 3.63) is 22.0 Å². The number of carbonyl (C=O) groups excluding carboxylic acids is 1. The lowest BCUT2D eigenvalue weighted by atomic mass is 10.1. The largest absolute Gasteiger partial charge is 0.348 e. The highest BCUT2D eigenvalue weighted by Crippen LogP contribution is 2.31. The summed E-state index contributed by atoms with van der Waals surface area (Å²) in [6, 6.07) is -0.296. The second-order valence-electron chi connectivity index (χ2n) is 5.89. The molecular formula is C15H19N3O3S2. The highest BCUT2D eigenvalue weighted by molar-refractivity contribution is 7.91. The van der Waals surface area contributed by atoms with E-state index in [0.717, 1.165) is 33.7 Å². The number of aromatic nitrogens is 2. The molecule has 0 aliphatic carbocycles. The quantitative estimate of drug-likeness (QED) is 0.909. The summed E-state index contributed by atoms with van der Waals surface area (Å²) in [5.41, 5.74) is 1.74. The molecule has 3 heterocycles. The normalized spacial score (nSPS) is 20.0. The molecule has 1 fully saturated rings. The van der Waals surface area contributed by atoms with Gasteiger partial charge in [-0.05, 0) is 25.8 Å². The van der Waals surface area contributed by atoms with Crippen LogP contribution in [0.2, 0.25) is 0 Å². The van der Waals surface area contributed by atoms with Gasteiger partial charge in [-0.25, -0.2) is 18.4 Å². The van der Waals surface area contributed by atoms with Crippen LogP contribution in [-0.4, -0.2) is 41.8 Å². The second-order valence-corrected chi connectivity index (χ2v) is 9.12. The van der Waals surface area contributed by atoms with Crippen molar-refractivity contribution in [2.45, 2.75) is 39.7 Å². The fourth-order valence-corrected chi connectivity index (χ4v) is 5.76. The standard InChI is InChI=1S/C15H19N3O3S2/c1-4-11-16-9(3)12-8(2)13(22-15(12)18-11)14(19)17-10-5-6-23(20,21)7-10/h10H,4-7H2,1-3H3,(H,17,19)/t10-/m1/s1. The van der Waals surface area contributed by atoms with Crippen molar-refractivity contribution in [2.75, 3.05) is 11.5 Å². The highest BCUT2D eigenvalue weighted by atomic mass is 32.2. The SMILES string of the molecule is CCc1nc(C)c2c(C)c(C(=O)N[C@@H]3CCS(=O)(=O)C3)sc2n1. The highest BCUT2D eigenvalue weighted by Gasteiger charge is 2.30. The number of nitrogens with zero attached hydrogens (tertiary/aromatic N) is 2. The molecule has 8 heteroatoms. The fraction of sp³-hybridized carbons (Fsp3) is 0.533. The predicted octanol–water partition coefficient (Wildman–Crippen LogP) is 1.79. The average Bonchev–Trinajstić information content (AvgIpc) is 2.99. The minimum absolute atomic E-state index is 0.0293. The van der Waals surface area contributed by atoms with Crippen LogP contribution in [0.3, 0.4) is 0 Å². The maximum absolute atomic E-state index is 12.5. The maximum Gasteiger partial charge on any atom is 0.261 e. The lowest BCUT2D eigenvalue weighted by Crippen LogP contribution is -2.35. The molecule has 0 spiro atoms. The maximum atomic E-state index is 12.5. The van der Waals surface area contributed by atoms with Gasteiger partial charge < -0.3 is 5.32 Å². The molecule has 1 aliphatic rings. The van der Waals surface area contributed by atoms with Gasteiger partial charge in [0.05, 0.1) is 16.4 Å². The van der Waals surface area contributed by atoms with Gasteiger partial charge in [0.2, 0.25) is 0 Å². The molecule has 0 unspecified atom stereocenters. The molecule has 1 N–H and O–H groups in total. The molecule has 23 heavy (non-hydrogen) atoms. The van der Waals surface area contributed by atoms with Crippen LogP contribution >= 0.6 is 11.3 Å². The van der Waals surface area contributed by atoms with Gasteiger partial charge in [-0.2, -0.15) is 0 Å². The summed E-state index contributed by atoms with van der Waals surface area (Å²) >= 11 is 1.35. The Balaban J connectivity index is 1.92. The molecule has 3 rings (SSSR count). The third-order valence-corrected chi connectivity index (χ3v) is 7.06. The van der Waals surface area contributed by atoms with E-state index in [9.17, 15) is 13.2 Å². The molecule has 1 aliphatic heterocycles. The van der Waals surface area contributed by atoms with E-state index in [1.807, 2.05) is 20.8 Å². The van der Waals surface area contributed by atoms with Crippen LogP contribution in [0.4, 0.5) is 0 Å². The summed E-state index contributed by atoms with van der Waals surface area (Å²) in [6.45, 7) is 5.81. The van der Waals surface area contributed by atoms with Crippen molar-refractivity contribution < 1.29 is 13.2 Å². The van der Waals surface area contributed by atoms with Crippen molar-refractivity contribution in [3.63, 3.8) is 0 Å².